The summed E-state index contributed by atoms with van der Waals surface area (Å²) < 4.78 is 20.2. The van der Waals surface area contributed by atoms with Crippen molar-refractivity contribution in [1.82, 2.24) is 10.3 Å². The summed E-state index contributed by atoms with van der Waals surface area (Å²) in [6.45, 7) is 6.91. The maximum Gasteiger partial charge on any atom is 0.414 e. The quantitative estimate of drug-likeness (QED) is 0.789. The lowest BCUT2D eigenvalue weighted by Gasteiger charge is -2.38. The van der Waals surface area contributed by atoms with E-state index in [1.807, 2.05) is 24.1 Å². The van der Waals surface area contributed by atoms with Gasteiger partial charge in [0.2, 0.25) is 5.91 Å². The second-order valence-electron chi connectivity index (χ2n) is 7.83. The molecule has 0 saturated carbocycles. The predicted molar refractivity (Wildman–Crippen MR) is 116 cm³/mol. The molecular formula is C22H26FN5O3. The molecule has 8 nitrogen and oxygen atoms in total. The molecule has 1 aromatic heterocycles. The molecule has 1 N–H and O–H groups in total. The van der Waals surface area contributed by atoms with Crippen molar-refractivity contribution in [1.29, 1.82) is 0 Å². The molecule has 164 valence electrons. The number of halogens is 1. The first-order valence-electron chi connectivity index (χ1n) is 10.3. The molecular weight excluding hydrogens is 401 g/mol. The van der Waals surface area contributed by atoms with Crippen LogP contribution in [-0.4, -0.2) is 62.4 Å². The van der Waals surface area contributed by atoms with E-state index in [1.165, 1.54) is 17.9 Å². The molecule has 31 heavy (non-hydrogen) atoms. The molecule has 1 aromatic carbocycles. The minimum atomic E-state index is -0.538. The number of amides is 2. The van der Waals surface area contributed by atoms with E-state index in [-0.39, 0.29) is 24.8 Å². The van der Waals surface area contributed by atoms with Gasteiger partial charge in [-0.15, -0.1) is 0 Å². The van der Waals surface area contributed by atoms with Crippen molar-refractivity contribution in [3.05, 3.63) is 48.0 Å². The van der Waals surface area contributed by atoms with Crippen LogP contribution in [0.2, 0.25) is 0 Å². The highest BCUT2D eigenvalue weighted by Crippen LogP contribution is 2.29. The molecule has 2 aliphatic heterocycles. The normalized spacial score (nSPS) is 18.9. The number of hydrogen-bond acceptors (Lipinski definition) is 6. The standard InChI is InChI=1S/C22H26FN5O3/c1-15-12-24-6-5-20(15)26-7-9-27(10-8-26)21-4-3-17(11-19(21)23)28-14-18(31-22(28)30)13-25-16(2)29/h3-6,11-12,18H,7-10,13-14H2,1-2H3,(H,25,29). The fraction of sp³-hybridized carbons (Fsp3) is 0.409. The Labute approximate surface area is 180 Å². The molecule has 0 aliphatic carbocycles. The highest BCUT2D eigenvalue weighted by molar-refractivity contribution is 5.90. The summed E-state index contributed by atoms with van der Waals surface area (Å²) >= 11 is 0. The molecule has 0 radical (unpaired) electrons. The number of nitrogens with one attached hydrogen (secondary N) is 1. The summed E-state index contributed by atoms with van der Waals surface area (Å²) in [6, 6.07) is 6.83. The highest BCUT2D eigenvalue weighted by atomic mass is 19.1. The lowest BCUT2D eigenvalue weighted by Crippen LogP contribution is -2.47. The summed E-state index contributed by atoms with van der Waals surface area (Å²) in [5.74, 6) is -0.562. The third-order valence-electron chi connectivity index (χ3n) is 5.65. The zero-order valence-corrected chi connectivity index (χ0v) is 17.7. The number of carbonyl (C=O) groups excluding carboxylic acids is 2. The average Bonchev–Trinajstić information content (AvgIpc) is 3.13. The largest absolute Gasteiger partial charge is 0.442 e. The van der Waals surface area contributed by atoms with Crippen molar-refractivity contribution < 1.29 is 18.7 Å². The van der Waals surface area contributed by atoms with Gasteiger partial charge in [-0.05, 0) is 36.8 Å². The Hall–Kier alpha value is -3.36. The van der Waals surface area contributed by atoms with E-state index in [2.05, 4.69) is 15.2 Å². The van der Waals surface area contributed by atoms with E-state index < -0.39 is 12.2 Å². The molecule has 2 fully saturated rings. The summed E-state index contributed by atoms with van der Waals surface area (Å²) in [5.41, 5.74) is 3.26. The van der Waals surface area contributed by atoms with Crippen LogP contribution in [-0.2, 0) is 9.53 Å². The first kappa shape index (κ1) is 20.9. The van der Waals surface area contributed by atoms with Crippen LogP contribution in [0.15, 0.2) is 36.7 Å². The van der Waals surface area contributed by atoms with Gasteiger partial charge in [0.15, 0.2) is 0 Å². The van der Waals surface area contributed by atoms with Crippen LogP contribution in [0.25, 0.3) is 0 Å². The molecule has 2 aliphatic rings. The van der Waals surface area contributed by atoms with Crippen molar-refractivity contribution in [2.24, 2.45) is 0 Å². The molecule has 0 spiro atoms. The zero-order valence-electron chi connectivity index (χ0n) is 17.7. The van der Waals surface area contributed by atoms with Crippen LogP contribution < -0.4 is 20.0 Å². The molecule has 2 saturated heterocycles. The first-order chi connectivity index (χ1) is 14.9. The smallest absolute Gasteiger partial charge is 0.414 e. The minimum Gasteiger partial charge on any atom is -0.442 e. The van der Waals surface area contributed by atoms with Crippen LogP contribution in [0.1, 0.15) is 12.5 Å². The lowest BCUT2D eigenvalue weighted by molar-refractivity contribution is -0.119. The monoisotopic (exact) mass is 427 g/mol. The summed E-state index contributed by atoms with van der Waals surface area (Å²) in [6.07, 6.45) is 2.65. The second kappa shape index (κ2) is 8.79. The third kappa shape index (κ3) is 4.55. The van der Waals surface area contributed by atoms with Gasteiger partial charge in [0.25, 0.3) is 0 Å². The maximum absolute atomic E-state index is 15.0. The van der Waals surface area contributed by atoms with E-state index in [1.54, 1.807) is 18.3 Å². The third-order valence-corrected chi connectivity index (χ3v) is 5.65. The number of cyclic esters (lactones) is 1. The predicted octanol–water partition coefficient (Wildman–Crippen LogP) is 2.32. The van der Waals surface area contributed by atoms with Gasteiger partial charge in [-0.2, -0.15) is 0 Å². The van der Waals surface area contributed by atoms with Crippen molar-refractivity contribution in [2.75, 3.05) is 54.0 Å². The Balaban J connectivity index is 1.40. The Morgan fingerprint density at radius 1 is 1.19 bits per heavy atom. The molecule has 3 heterocycles. The molecule has 4 rings (SSSR count). The van der Waals surface area contributed by atoms with Crippen molar-refractivity contribution in [3.8, 4) is 0 Å². The molecule has 0 bridgehead atoms. The molecule has 2 amide bonds. The SMILES string of the molecule is CC(=O)NCC1CN(c2ccc(N3CCN(c4ccncc4C)CC3)c(F)c2)C(=O)O1. The van der Waals surface area contributed by atoms with E-state index in [0.717, 1.165) is 24.3 Å². The molecule has 1 unspecified atom stereocenters. The summed E-state index contributed by atoms with van der Waals surface area (Å²) in [5, 5.41) is 2.63. The fourth-order valence-electron chi connectivity index (χ4n) is 4.03. The number of rotatable bonds is 5. The number of carbonyl (C=O) groups is 2. The number of hydrogen-bond donors (Lipinski definition) is 1. The number of aromatic nitrogens is 1. The molecule has 9 heteroatoms. The maximum atomic E-state index is 15.0. The average molecular weight is 427 g/mol. The Bertz CT molecular complexity index is 977. The van der Waals surface area contributed by atoms with E-state index in [9.17, 15) is 14.0 Å². The van der Waals surface area contributed by atoms with Crippen molar-refractivity contribution in [3.63, 3.8) is 0 Å². The highest BCUT2D eigenvalue weighted by Gasteiger charge is 2.33. The van der Waals surface area contributed by atoms with Crippen molar-refractivity contribution in [2.45, 2.75) is 20.0 Å². The molecule has 1 atom stereocenters. The lowest BCUT2D eigenvalue weighted by atomic mass is 10.1. The number of aryl methyl sites for hydroxylation is 1. The zero-order chi connectivity index (χ0) is 22.0. The van der Waals surface area contributed by atoms with Crippen LogP contribution in [0, 0.1) is 12.7 Å². The van der Waals surface area contributed by atoms with Crippen LogP contribution in [0.3, 0.4) is 0 Å². The number of piperazine rings is 1. The van der Waals surface area contributed by atoms with Gasteiger partial charge in [-0.3, -0.25) is 14.7 Å². The number of nitrogens with zero attached hydrogens (tertiary/aromatic N) is 4. The van der Waals surface area contributed by atoms with E-state index in [0.29, 0.717) is 24.5 Å². The van der Waals surface area contributed by atoms with Crippen molar-refractivity contribution >= 4 is 29.1 Å². The van der Waals surface area contributed by atoms with Gasteiger partial charge in [-0.1, -0.05) is 0 Å². The van der Waals surface area contributed by atoms with Crippen LogP contribution in [0.4, 0.5) is 26.2 Å². The summed E-state index contributed by atoms with van der Waals surface area (Å²) in [4.78, 5) is 33.1. The minimum absolute atomic E-state index is 0.191. The van der Waals surface area contributed by atoms with E-state index in [4.69, 9.17) is 4.74 Å². The number of benzene rings is 1. The number of ether oxygens (including phenoxy) is 1. The first-order valence-corrected chi connectivity index (χ1v) is 10.3. The summed E-state index contributed by atoms with van der Waals surface area (Å²) in [7, 11) is 0. The van der Waals surface area contributed by atoms with E-state index >= 15 is 0 Å². The van der Waals surface area contributed by atoms with Gasteiger partial charge >= 0.3 is 6.09 Å². The number of pyridine rings is 1. The topological polar surface area (TPSA) is 78.0 Å². The number of anilines is 3. The van der Waals surface area contributed by atoms with Gasteiger partial charge in [0.1, 0.15) is 11.9 Å². The Kier molecular flexibility index (Phi) is 5.92. The Morgan fingerprint density at radius 2 is 1.90 bits per heavy atom. The van der Waals surface area contributed by atoms with Gasteiger partial charge in [0, 0.05) is 51.2 Å². The second-order valence-corrected chi connectivity index (χ2v) is 7.83. The molecule has 2 aromatic rings. The van der Waals surface area contributed by atoms with Gasteiger partial charge in [0.05, 0.1) is 24.5 Å². The Morgan fingerprint density at radius 3 is 2.55 bits per heavy atom. The van der Waals surface area contributed by atoms with Crippen LogP contribution >= 0.6 is 0 Å². The fourth-order valence-corrected chi connectivity index (χ4v) is 4.03. The van der Waals surface area contributed by atoms with Crippen LogP contribution in [0.5, 0.6) is 0 Å². The van der Waals surface area contributed by atoms with Gasteiger partial charge < -0.3 is 19.9 Å². The van der Waals surface area contributed by atoms with Gasteiger partial charge in [-0.25, -0.2) is 9.18 Å².